The number of rotatable bonds is 7. The number of aliphatic hydroxyl groups is 1. The second kappa shape index (κ2) is 8.99. The van der Waals surface area contributed by atoms with Gasteiger partial charge < -0.3 is 15.3 Å². The Labute approximate surface area is 148 Å². The predicted molar refractivity (Wildman–Crippen MR) is 98.8 cm³/mol. The summed E-state index contributed by atoms with van der Waals surface area (Å²) in [6, 6.07) is 16.1. The lowest BCUT2D eigenvalue weighted by Crippen LogP contribution is -2.29. The highest BCUT2D eigenvalue weighted by molar-refractivity contribution is 6.07. The molecule has 2 rings (SSSR count). The normalized spacial score (nSPS) is 11.6. The van der Waals surface area contributed by atoms with Gasteiger partial charge in [-0.1, -0.05) is 31.2 Å². The molecule has 0 spiro atoms. The van der Waals surface area contributed by atoms with Crippen LogP contribution >= 0.6 is 0 Å². The first kappa shape index (κ1) is 18.7. The minimum absolute atomic E-state index is 0.104. The molecule has 25 heavy (non-hydrogen) atoms. The molecule has 2 amide bonds. The lowest BCUT2D eigenvalue weighted by atomic mass is 10.1. The van der Waals surface area contributed by atoms with Crippen LogP contribution in [0.1, 0.15) is 34.1 Å². The Bertz CT molecular complexity index is 716. The Morgan fingerprint density at radius 3 is 2.44 bits per heavy atom. The molecule has 5 heteroatoms. The van der Waals surface area contributed by atoms with Crippen LogP contribution < -0.4 is 10.2 Å². The quantitative estimate of drug-likeness (QED) is 0.814. The maximum absolute atomic E-state index is 12.6. The van der Waals surface area contributed by atoms with Crippen molar-refractivity contribution in [2.24, 2.45) is 5.92 Å². The van der Waals surface area contributed by atoms with Gasteiger partial charge in [0.05, 0.1) is 0 Å². The minimum atomic E-state index is -0.221. The van der Waals surface area contributed by atoms with Gasteiger partial charge in [0, 0.05) is 37.0 Å². The van der Waals surface area contributed by atoms with Crippen molar-refractivity contribution in [2.45, 2.75) is 13.3 Å². The molecule has 2 aromatic rings. The predicted octanol–water partition coefficient (Wildman–Crippen LogP) is 2.71. The molecule has 0 aliphatic heterocycles. The van der Waals surface area contributed by atoms with Crippen molar-refractivity contribution in [1.82, 2.24) is 5.32 Å². The van der Waals surface area contributed by atoms with Crippen molar-refractivity contribution in [1.29, 1.82) is 0 Å². The van der Waals surface area contributed by atoms with Crippen LogP contribution in [0, 0.1) is 5.92 Å². The van der Waals surface area contributed by atoms with E-state index in [0.29, 0.717) is 24.1 Å². The van der Waals surface area contributed by atoms with Gasteiger partial charge in [-0.05, 0) is 42.7 Å². The van der Waals surface area contributed by atoms with Crippen molar-refractivity contribution < 1.29 is 14.7 Å². The van der Waals surface area contributed by atoms with E-state index in [4.69, 9.17) is 5.11 Å². The van der Waals surface area contributed by atoms with Crippen molar-refractivity contribution in [3.63, 3.8) is 0 Å². The standard InChI is InChI=1S/C20H24N2O3/c1-15(11-12-23)14-21-19(24)16-7-6-8-17(13-16)20(25)22(2)18-9-4-3-5-10-18/h3-10,13,15,23H,11-12,14H2,1-2H3,(H,21,24). The summed E-state index contributed by atoms with van der Waals surface area (Å²) in [4.78, 5) is 26.5. The van der Waals surface area contributed by atoms with Crippen molar-refractivity contribution in [2.75, 3.05) is 25.1 Å². The summed E-state index contributed by atoms with van der Waals surface area (Å²) in [5.74, 6) is -0.195. The van der Waals surface area contributed by atoms with Crippen LogP contribution in [0.4, 0.5) is 5.69 Å². The number of hydrogen-bond donors (Lipinski definition) is 2. The zero-order valence-electron chi connectivity index (χ0n) is 14.6. The van der Waals surface area contributed by atoms with E-state index in [1.165, 1.54) is 0 Å². The number of aliphatic hydroxyl groups excluding tert-OH is 1. The minimum Gasteiger partial charge on any atom is -0.396 e. The average Bonchev–Trinajstić information content (AvgIpc) is 2.66. The fourth-order valence-electron chi connectivity index (χ4n) is 2.45. The maximum Gasteiger partial charge on any atom is 0.258 e. The molecule has 0 aromatic heterocycles. The number of carbonyl (C=O) groups is 2. The highest BCUT2D eigenvalue weighted by Crippen LogP contribution is 2.15. The van der Waals surface area contributed by atoms with E-state index < -0.39 is 0 Å². The zero-order chi connectivity index (χ0) is 18.2. The van der Waals surface area contributed by atoms with Gasteiger partial charge in [0.15, 0.2) is 0 Å². The molecule has 132 valence electrons. The van der Waals surface area contributed by atoms with Crippen LogP contribution in [0.25, 0.3) is 0 Å². The lowest BCUT2D eigenvalue weighted by Gasteiger charge is -2.17. The van der Waals surface area contributed by atoms with Crippen molar-refractivity contribution in [3.8, 4) is 0 Å². The average molecular weight is 340 g/mol. The van der Waals surface area contributed by atoms with Crippen LogP contribution in [-0.2, 0) is 0 Å². The largest absolute Gasteiger partial charge is 0.396 e. The van der Waals surface area contributed by atoms with Crippen molar-refractivity contribution in [3.05, 3.63) is 65.7 Å². The third-order valence-electron chi connectivity index (χ3n) is 4.05. The topological polar surface area (TPSA) is 69.6 Å². The van der Waals surface area contributed by atoms with Gasteiger partial charge in [-0.15, -0.1) is 0 Å². The van der Waals surface area contributed by atoms with Gasteiger partial charge >= 0.3 is 0 Å². The van der Waals surface area contributed by atoms with Crippen LogP contribution in [0.3, 0.4) is 0 Å². The number of hydrogen-bond acceptors (Lipinski definition) is 3. The molecule has 2 N–H and O–H groups in total. The van der Waals surface area contributed by atoms with Gasteiger partial charge in [0.2, 0.25) is 0 Å². The number of anilines is 1. The smallest absolute Gasteiger partial charge is 0.258 e. The van der Waals surface area contributed by atoms with Crippen molar-refractivity contribution >= 4 is 17.5 Å². The van der Waals surface area contributed by atoms with Gasteiger partial charge in [-0.25, -0.2) is 0 Å². The molecule has 0 saturated heterocycles. The van der Waals surface area contributed by atoms with E-state index in [2.05, 4.69) is 5.32 Å². The summed E-state index contributed by atoms with van der Waals surface area (Å²) in [5.41, 5.74) is 1.70. The molecular weight excluding hydrogens is 316 g/mol. The SMILES string of the molecule is CC(CCO)CNC(=O)c1cccc(C(=O)N(C)c2ccccc2)c1. The van der Waals surface area contributed by atoms with Gasteiger partial charge in [-0.2, -0.15) is 0 Å². The first-order valence-corrected chi connectivity index (χ1v) is 8.35. The third-order valence-corrected chi connectivity index (χ3v) is 4.05. The van der Waals surface area contributed by atoms with Crippen LogP contribution in [-0.4, -0.2) is 37.1 Å². The molecule has 5 nitrogen and oxygen atoms in total. The summed E-state index contributed by atoms with van der Waals surface area (Å²) >= 11 is 0. The van der Waals surface area contributed by atoms with Crippen LogP contribution in [0.15, 0.2) is 54.6 Å². The molecule has 2 aromatic carbocycles. The number of nitrogens with zero attached hydrogens (tertiary/aromatic N) is 1. The van der Waals surface area contributed by atoms with E-state index >= 15 is 0 Å². The Morgan fingerprint density at radius 1 is 1.08 bits per heavy atom. The Hall–Kier alpha value is -2.66. The number of benzene rings is 2. The summed E-state index contributed by atoms with van der Waals surface area (Å²) in [7, 11) is 1.71. The molecule has 0 radical (unpaired) electrons. The number of carbonyl (C=O) groups excluding carboxylic acids is 2. The van der Waals surface area contributed by atoms with Gasteiger partial charge in [0.25, 0.3) is 11.8 Å². The van der Waals surface area contributed by atoms with Crippen LogP contribution in [0.2, 0.25) is 0 Å². The number of para-hydroxylation sites is 1. The molecular formula is C20H24N2O3. The Morgan fingerprint density at radius 2 is 1.76 bits per heavy atom. The maximum atomic E-state index is 12.6. The molecule has 0 heterocycles. The molecule has 0 aliphatic rings. The van der Waals surface area contributed by atoms with E-state index in [9.17, 15) is 9.59 Å². The molecule has 0 bridgehead atoms. The van der Waals surface area contributed by atoms with Gasteiger partial charge in [-0.3, -0.25) is 9.59 Å². The summed E-state index contributed by atoms with van der Waals surface area (Å²) < 4.78 is 0. The monoisotopic (exact) mass is 340 g/mol. The molecule has 1 unspecified atom stereocenters. The fourth-order valence-corrected chi connectivity index (χ4v) is 2.45. The molecule has 0 saturated carbocycles. The third kappa shape index (κ3) is 5.16. The van der Waals surface area contributed by atoms with E-state index in [1.807, 2.05) is 37.3 Å². The van der Waals surface area contributed by atoms with Crippen LogP contribution in [0.5, 0.6) is 0 Å². The number of amides is 2. The Balaban J connectivity index is 2.07. The zero-order valence-corrected chi connectivity index (χ0v) is 14.6. The summed E-state index contributed by atoms with van der Waals surface area (Å²) in [6.07, 6.45) is 0.640. The lowest BCUT2D eigenvalue weighted by molar-refractivity contribution is 0.0945. The second-order valence-corrected chi connectivity index (χ2v) is 6.11. The fraction of sp³-hybridized carbons (Fsp3) is 0.300. The summed E-state index contributed by atoms with van der Waals surface area (Å²) in [6.45, 7) is 2.56. The first-order valence-electron chi connectivity index (χ1n) is 8.35. The highest BCUT2D eigenvalue weighted by atomic mass is 16.3. The van der Waals surface area contributed by atoms with E-state index in [0.717, 1.165) is 5.69 Å². The molecule has 0 aliphatic carbocycles. The second-order valence-electron chi connectivity index (χ2n) is 6.11. The highest BCUT2D eigenvalue weighted by Gasteiger charge is 2.15. The van der Waals surface area contributed by atoms with E-state index in [-0.39, 0.29) is 24.3 Å². The summed E-state index contributed by atoms with van der Waals surface area (Å²) in [5, 5.41) is 11.7. The molecule has 0 fully saturated rings. The molecule has 1 atom stereocenters. The van der Waals surface area contributed by atoms with Gasteiger partial charge in [0.1, 0.15) is 0 Å². The Kier molecular flexibility index (Phi) is 6.71. The van der Waals surface area contributed by atoms with E-state index in [1.54, 1.807) is 36.2 Å². The first-order chi connectivity index (χ1) is 12.0. The number of nitrogens with one attached hydrogen (secondary N) is 1.